The van der Waals surface area contributed by atoms with Crippen molar-refractivity contribution in [3.8, 4) is 0 Å². The van der Waals surface area contributed by atoms with Gasteiger partial charge in [0.1, 0.15) is 5.60 Å². The van der Waals surface area contributed by atoms with Crippen molar-refractivity contribution in [2.45, 2.75) is 64.4 Å². The number of ether oxygens (including phenoxy) is 1. The first-order valence-corrected chi connectivity index (χ1v) is 23.3. The molecule has 1 saturated heterocycles. The fourth-order valence-corrected chi connectivity index (χ4v) is 9.67. The molecule has 0 N–H and O–H groups in total. The van der Waals surface area contributed by atoms with E-state index in [-0.39, 0.29) is 5.97 Å². The van der Waals surface area contributed by atoms with E-state index in [0.29, 0.717) is 47.8 Å². The van der Waals surface area contributed by atoms with Gasteiger partial charge in [0.25, 0.3) is 0 Å². The molecule has 0 radical (unpaired) electrons. The number of hydrogen-bond donors (Lipinski definition) is 0. The van der Waals surface area contributed by atoms with Crippen LogP contribution in [-0.2, 0) is 21.4 Å². The second-order valence-corrected chi connectivity index (χ2v) is 19.8. The molecule has 16 heteroatoms. The topological polar surface area (TPSA) is 68.2 Å². The zero-order valence-corrected chi connectivity index (χ0v) is 42.0. The zero-order chi connectivity index (χ0) is 41.8. The third-order valence-electron chi connectivity index (χ3n) is 9.13. The van der Waals surface area contributed by atoms with Crippen molar-refractivity contribution in [1.29, 1.82) is 0 Å². The van der Waals surface area contributed by atoms with Crippen molar-refractivity contribution in [2.75, 3.05) is 13.1 Å². The highest BCUT2D eigenvalue weighted by Crippen LogP contribution is 2.39. The number of hydrogen-bond acceptors (Lipinski definition) is 6. The van der Waals surface area contributed by atoms with Gasteiger partial charge in [-0.25, -0.2) is 0 Å². The van der Waals surface area contributed by atoms with E-state index in [1.54, 1.807) is 37.2 Å². The van der Waals surface area contributed by atoms with Crippen molar-refractivity contribution in [2.24, 2.45) is 5.92 Å². The Labute approximate surface area is 396 Å². The van der Waals surface area contributed by atoms with Crippen LogP contribution in [0.4, 0.5) is 0 Å². The Morgan fingerprint density at radius 2 is 1.09 bits per heavy atom. The number of benzene rings is 3. The lowest BCUT2D eigenvalue weighted by Gasteiger charge is -2.32. The average Bonchev–Trinajstić information content (AvgIpc) is 3.16. The van der Waals surface area contributed by atoms with Crippen LogP contribution in [-0.4, -0.2) is 44.5 Å². The highest BCUT2D eigenvalue weighted by molar-refractivity contribution is 9.11. The second kappa shape index (κ2) is 20.7. The Bertz CT molecular complexity index is 2440. The Kier molecular flexibility index (Phi) is 17.1. The fraction of sp³-hybridized carbons (Fsp3) is 0.317. The summed E-state index contributed by atoms with van der Waals surface area (Å²) in [4.78, 5) is 26.7. The number of alkyl halides is 1. The summed E-state index contributed by atoms with van der Waals surface area (Å²) in [5.41, 5.74) is 2.53. The SMILES string of the molecule is CC(C)(C)OC(=O)CC1CCN(Cc2cc3c(Br)cncc3c(Cl)c2Cl)CC1.Cc1cc2c(Br)cncc2c(Cl)c1Cl.Clc1c(CBr)cc2c(Br)cncc2c1Cl. The van der Waals surface area contributed by atoms with E-state index >= 15 is 0 Å². The van der Waals surface area contributed by atoms with E-state index < -0.39 is 5.60 Å². The normalized spacial score (nSPS) is 13.6. The number of rotatable bonds is 5. The van der Waals surface area contributed by atoms with E-state index in [1.165, 1.54) is 0 Å². The van der Waals surface area contributed by atoms with E-state index in [0.717, 1.165) is 94.9 Å². The Morgan fingerprint density at radius 1 is 0.667 bits per heavy atom. The van der Waals surface area contributed by atoms with Gasteiger partial charge in [0.05, 0.1) is 30.1 Å². The summed E-state index contributed by atoms with van der Waals surface area (Å²) in [6, 6.07) is 6.08. The molecule has 6 nitrogen and oxygen atoms in total. The molecule has 0 amide bonds. The minimum absolute atomic E-state index is 0.103. The lowest BCUT2D eigenvalue weighted by atomic mass is 9.93. The van der Waals surface area contributed by atoms with Gasteiger partial charge in [0.2, 0.25) is 0 Å². The molecule has 302 valence electrons. The molecule has 1 aliphatic rings. The summed E-state index contributed by atoms with van der Waals surface area (Å²) in [6.45, 7) is 10.2. The number of fused-ring (bicyclic) bond motifs is 3. The first-order chi connectivity index (χ1) is 26.9. The van der Waals surface area contributed by atoms with Crippen molar-refractivity contribution in [3.63, 3.8) is 0 Å². The number of carbonyl (C=O) groups is 1. The van der Waals surface area contributed by atoms with Crippen LogP contribution >= 0.6 is 133 Å². The molecule has 0 bridgehead atoms. The van der Waals surface area contributed by atoms with Gasteiger partial charge in [-0.3, -0.25) is 24.6 Å². The fourth-order valence-electron chi connectivity index (χ4n) is 6.29. The molecule has 7 rings (SSSR count). The maximum absolute atomic E-state index is 12.1. The van der Waals surface area contributed by atoms with Gasteiger partial charge in [-0.05, 0) is 142 Å². The van der Waals surface area contributed by atoms with Crippen LogP contribution in [0.2, 0.25) is 30.1 Å². The van der Waals surface area contributed by atoms with Gasteiger partial charge in [0, 0.05) is 101 Å². The third-order valence-corrected chi connectivity index (χ3v) is 14.5. The van der Waals surface area contributed by atoms with Gasteiger partial charge in [-0.2, -0.15) is 0 Å². The molecule has 0 saturated carbocycles. The van der Waals surface area contributed by atoms with Gasteiger partial charge >= 0.3 is 5.97 Å². The van der Waals surface area contributed by atoms with Crippen LogP contribution in [0.25, 0.3) is 32.3 Å². The summed E-state index contributed by atoms with van der Waals surface area (Å²) < 4.78 is 8.20. The highest BCUT2D eigenvalue weighted by Gasteiger charge is 2.25. The molecule has 1 fully saturated rings. The Morgan fingerprint density at radius 3 is 1.54 bits per heavy atom. The average molecular weight is 1150 g/mol. The van der Waals surface area contributed by atoms with Crippen molar-refractivity contribution in [1.82, 2.24) is 19.9 Å². The second-order valence-electron chi connectivity index (χ2n) is 14.4. The van der Waals surface area contributed by atoms with Gasteiger partial charge in [0.15, 0.2) is 0 Å². The van der Waals surface area contributed by atoms with Crippen LogP contribution in [0.5, 0.6) is 0 Å². The molecule has 0 atom stereocenters. The van der Waals surface area contributed by atoms with E-state index in [1.807, 2.05) is 39.8 Å². The zero-order valence-electron chi connectivity index (χ0n) is 31.1. The maximum atomic E-state index is 12.1. The largest absolute Gasteiger partial charge is 0.460 e. The molecule has 0 aliphatic carbocycles. The van der Waals surface area contributed by atoms with Crippen LogP contribution in [0, 0.1) is 12.8 Å². The Hall–Kier alpha value is -1.02. The minimum Gasteiger partial charge on any atom is -0.460 e. The summed E-state index contributed by atoms with van der Waals surface area (Å²) in [6.07, 6.45) is 12.9. The van der Waals surface area contributed by atoms with E-state index in [4.69, 9.17) is 74.3 Å². The number of aromatic nitrogens is 3. The van der Waals surface area contributed by atoms with Crippen LogP contribution in [0.3, 0.4) is 0 Å². The van der Waals surface area contributed by atoms with Gasteiger partial charge in [-0.1, -0.05) is 85.5 Å². The molecule has 57 heavy (non-hydrogen) atoms. The quantitative estimate of drug-likeness (QED) is 0.127. The molecule has 6 aromatic rings. The molecule has 4 heterocycles. The molecular formula is C41H36Br4Cl6N4O2. The first-order valence-electron chi connectivity index (χ1n) is 17.6. The number of halogens is 10. The number of pyridine rings is 3. The molecule has 1 aliphatic heterocycles. The smallest absolute Gasteiger partial charge is 0.306 e. The van der Waals surface area contributed by atoms with Crippen molar-refractivity contribution < 1.29 is 9.53 Å². The van der Waals surface area contributed by atoms with Crippen LogP contribution in [0.15, 0.2) is 68.8 Å². The molecule has 3 aromatic heterocycles. The number of aryl methyl sites for hydroxylation is 1. The predicted octanol–water partition coefficient (Wildman–Crippen LogP) is 16.1. The molecule has 0 unspecified atom stereocenters. The highest BCUT2D eigenvalue weighted by atomic mass is 79.9. The number of nitrogens with zero attached hydrogens (tertiary/aromatic N) is 4. The first kappa shape index (κ1) is 47.0. The lowest BCUT2D eigenvalue weighted by Crippen LogP contribution is -2.35. The number of likely N-dealkylation sites (tertiary alicyclic amines) is 1. The third kappa shape index (κ3) is 11.9. The predicted molar refractivity (Wildman–Crippen MR) is 254 cm³/mol. The van der Waals surface area contributed by atoms with Crippen LogP contribution < -0.4 is 0 Å². The number of carbonyl (C=O) groups excluding carboxylic acids is 1. The van der Waals surface area contributed by atoms with Gasteiger partial charge < -0.3 is 4.74 Å². The standard InChI is InChI=1S/C21H25BrCl2N2O2.C10H5Br2Cl2N.C10H6BrCl2N/c1-21(2,3)28-18(27)8-13-4-6-26(7-5-13)12-14-9-15-16(20(24)19(14)23)10-25-11-17(15)22;11-2-5-1-6-7(10(14)9(5)13)3-15-4-8(6)12;1-5-2-6-7(10(13)9(5)12)3-14-4-8(6)11/h9-11,13H,4-8,12H2,1-3H3;1,3-4H,2H2;2-4H,1H3. The van der Waals surface area contributed by atoms with Crippen LogP contribution in [0.1, 0.15) is 56.7 Å². The summed E-state index contributed by atoms with van der Waals surface area (Å²) in [5.74, 6) is 0.274. The summed E-state index contributed by atoms with van der Waals surface area (Å²) in [5, 5.41) is 9.76. The molecule has 3 aromatic carbocycles. The summed E-state index contributed by atoms with van der Waals surface area (Å²) >= 11 is 51.3. The van der Waals surface area contributed by atoms with E-state index in [2.05, 4.69) is 89.6 Å². The number of esters is 1. The molecular weight excluding hydrogens is 1110 g/mol. The summed E-state index contributed by atoms with van der Waals surface area (Å²) in [7, 11) is 0. The molecule has 0 spiro atoms. The van der Waals surface area contributed by atoms with E-state index in [9.17, 15) is 4.79 Å². The van der Waals surface area contributed by atoms with Crippen molar-refractivity contribution >= 4 is 172 Å². The van der Waals surface area contributed by atoms with Crippen molar-refractivity contribution in [3.05, 3.63) is 116 Å². The maximum Gasteiger partial charge on any atom is 0.306 e. The minimum atomic E-state index is -0.423. The van der Waals surface area contributed by atoms with Gasteiger partial charge in [-0.15, -0.1) is 0 Å². The lowest BCUT2D eigenvalue weighted by molar-refractivity contribution is -0.156. The number of piperidine rings is 1. The monoisotopic (exact) mass is 1140 g/mol. The Balaban J connectivity index is 0.000000179.